The maximum Gasteiger partial charge on any atom is 0.216 e. The molecule has 2 N–H and O–H groups in total. The van der Waals surface area contributed by atoms with Gasteiger partial charge in [0.15, 0.2) is 0 Å². The molecule has 0 aliphatic rings. The lowest BCUT2D eigenvalue weighted by molar-refractivity contribution is 0.865. The van der Waals surface area contributed by atoms with Crippen LogP contribution in [0, 0.1) is 4.77 Å². The van der Waals surface area contributed by atoms with Crippen LogP contribution in [0.3, 0.4) is 0 Å². The highest BCUT2D eigenvalue weighted by Gasteiger charge is 2.12. The van der Waals surface area contributed by atoms with Gasteiger partial charge in [0.25, 0.3) is 0 Å². The summed E-state index contributed by atoms with van der Waals surface area (Å²) in [6, 6.07) is 17.0. The molecule has 2 heterocycles. The monoisotopic (exact) mass is 414 g/mol. The van der Waals surface area contributed by atoms with E-state index in [4.69, 9.17) is 35.4 Å². The van der Waals surface area contributed by atoms with E-state index in [-0.39, 0.29) is 0 Å². The van der Waals surface area contributed by atoms with Gasteiger partial charge < -0.3 is 0 Å². The fraction of sp³-hybridized carbons (Fsp3) is 0. The number of nitrogens with one attached hydrogen (secondary N) is 2. The minimum absolute atomic E-state index is 0.343. The van der Waals surface area contributed by atoms with Crippen LogP contribution in [-0.2, 0) is 0 Å². The molecule has 0 fully saturated rings. The molecule has 0 bridgehead atoms. The van der Waals surface area contributed by atoms with Crippen LogP contribution in [0.5, 0.6) is 0 Å². The number of aromatic amines is 2. The summed E-state index contributed by atoms with van der Waals surface area (Å²) in [5.74, 6) is 0.504. The average Bonchev–Trinajstić information content (AvgIpc) is 3.31. The van der Waals surface area contributed by atoms with Gasteiger partial charge in [-0.1, -0.05) is 65.7 Å². The third-order valence-electron chi connectivity index (χ3n) is 3.83. The predicted molar refractivity (Wildman–Crippen MR) is 110 cm³/mol. The Labute approximate surface area is 169 Å². The second kappa shape index (κ2) is 7.48. The van der Waals surface area contributed by atoms with Gasteiger partial charge in [-0.2, -0.15) is 20.0 Å². The molecule has 134 valence electrons. The van der Waals surface area contributed by atoms with Crippen molar-refractivity contribution in [1.82, 2.24) is 25.1 Å². The molecule has 4 aromatic rings. The van der Waals surface area contributed by atoms with Crippen LogP contribution in [0.15, 0.2) is 59.7 Å². The van der Waals surface area contributed by atoms with Crippen LogP contribution in [0.1, 0.15) is 5.56 Å². The van der Waals surface area contributed by atoms with Crippen LogP contribution in [0.25, 0.3) is 22.8 Å². The number of rotatable bonds is 4. The summed E-state index contributed by atoms with van der Waals surface area (Å²) in [6.45, 7) is 0. The summed E-state index contributed by atoms with van der Waals surface area (Å²) in [4.78, 5) is 0. The lowest BCUT2D eigenvalue weighted by Crippen LogP contribution is -1.95. The fourth-order valence-corrected chi connectivity index (χ4v) is 3.04. The summed E-state index contributed by atoms with van der Waals surface area (Å²) in [6.07, 6.45) is 1.58. The first kappa shape index (κ1) is 17.7. The Hall–Kier alpha value is -2.74. The van der Waals surface area contributed by atoms with Crippen LogP contribution >= 0.6 is 35.4 Å². The molecule has 0 saturated heterocycles. The molecule has 0 aliphatic heterocycles. The van der Waals surface area contributed by atoms with Gasteiger partial charge in [-0.3, -0.25) is 5.10 Å². The topological polar surface area (TPSA) is 74.7 Å². The van der Waals surface area contributed by atoms with Crippen LogP contribution in [-0.4, -0.2) is 31.3 Å². The first-order chi connectivity index (χ1) is 13.1. The Balaban J connectivity index is 1.71. The number of hydrogen-bond acceptors (Lipinski definition) is 4. The van der Waals surface area contributed by atoms with E-state index in [0.29, 0.717) is 31.9 Å². The molecule has 2 aromatic heterocycles. The molecule has 0 saturated carbocycles. The second-order valence-electron chi connectivity index (χ2n) is 5.58. The Kier molecular flexibility index (Phi) is 4.89. The Morgan fingerprint density at radius 3 is 2.63 bits per heavy atom. The van der Waals surface area contributed by atoms with Crippen molar-refractivity contribution in [3.8, 4) is 22.8 Å². The van der Waals surface area contributed by atoms with Crippen LogP contribution in [0.2, 0.25) is 10.0 Å². The average molecular weight is 415 g/mol. The van der Waals surface area contributed by atoms with E-state index < -0.39 is 0 Å². The van der Waals surface area contributed by atoms with E-state index in [1.165, 1.54) is 4.68 Å². The smallest absolute Gasteiger partial charge is 0.216 e. The van der Waals surface area contributed by atoms with E-state index in [0.717, 1.165) is 11.3 Å². The molecular formula is C18H12Cl2N6S. The fourth-order valence-electron chi connectivity index (χ4n) is 2.51. The zero-order valence-electron chi connectivity index (χ0n) is 13.7. The Morgan fingerprint density at radius 1 is 1.00 bits per heavy atom. The lowest BCUT2D eigenvalue weighted by atomic mass is 10.1. The summed E-state index contributed by atoms with van der Waals surface area (Å²) in [5.41, 5.74) is 3.14. The molecule has 0 spiro atoms. The number of benzene rings is 2. The van der Waals surface area contributed by atoms with Crippen molar-refractivity contribution in [1.29, 1.82) is 0 Å². The molecule has 27 heavy (non-hydrogen) atoms. The van der Waals surface area contributed by atoms with Crippen molar-refractivity contribution < 1.29 is 0 Å². The Bertz CT molecular complexity index is 1180. The van der Waals surface area contributed by atoms with Gasteiger partial charge in [-0.15, -0.1) is 0 Å². The minimum Gasteiger partial charge on any atom is -0.274 e. The molecule has 4 rings (SSSR count). The number of aromatic nitrogens is 5. The predicted octanol–water partition coefficient (Wildman–Crippen LogP) is 5.19. The number of H-pyrrole nitrogens is 2. The number of nitrogens with zero attached hydrogens (tertiary/aromatic N) is 4. The van der Waals surface area contributed by atoms with Gasteiger partial charge in [0.05, 0.1) is 22.0 Å². The SMILES string of the molecule is S=c1[nH]nc(-c2cc(-c3ccccc3)n[nH]2)n1/N=C/c1cccc(Cl)c1Cl. The first-order valence-electron chi connectivity index (χ1n) is 7.90. The number of halogens is 2. The zero-order chi connectivity index (χ0) is 18.8. The van der Waals surface area contributed by atoms with Gasteiger partial charge in [0.1, 0.15) is 5.69 Å². The largest absolute Gasteiger partial charge is 0.274 e. The Morgan fingerprint density at radius 2 is 1.81 bits per heavy atom. The molecule has 6 nitrogen and oxygen atoms in total. The summed E-state index contributed by atoms with van der Waals surface area (Å²) >= 11 is 17.5. The lowest BCUT2D eigenvalue weighted by Gasteiger charge is -2.01. The van der Waals surface area contributed by atoms with Gasteiger partial charge in [0, 0.05) is 11.1 Å². The highest BCUT2D eigenvalue weighted by Crippen LogP contribution is 2.25. The van der Waals surface area contributed by atoms with Crippen molar-refractivity contribution in [2.75, 3.05) is 0 Å². The van der Waals surface area contributed by atoms with Crippen molar-refractivity contribution in [2.24, 2.45) is 5.10 Å². The third kappa shape index (κ3) is 3.57. The molecule has 0 aliphatic carbocycles. The van der Waals surface area contributed by atoms with Crippen molar-refractivity contribution in [3.63, 3.8) is 0 Å². The number of hydrogen-bond donors (Lipinski definition) is 2. The van der Waals surface area contributed by atoms with Crippen LogP contribution < -0.4 is 0 Å². The van der Waals surface area contributed by atoms with E-state index in [2.05, 4.69) is 25.5 Å². The van der Waals surface area contributed by atoms with Gasteiger partial charge in [-0.25, -0.2) is 5.10 Å². The van der Waals surface area contributed by atoms with Gasteiger partial charge in [0.2, 0.25) is 10.6 Å². The second-order valence-corrected chi connectivity index (χ2v) is 6.76. The molecule has 0 atom stereocenters. The summed E-state index contributed by atoms with van der Waals surface area (Å²) in [7, 11) is 0. The summed E-state index contributed by atoms with van der Waals surface area (Å²) in [5, 5.41) is 19.6. The maximum absolute atomic E-state index is 6.20. The highest BCUT2D eigenvalue weighted by atomic mass is 35.5. The molecule has 0 radical (unpaired) electrons. The molecule has 9 heteroatoms. The summed E-state index contributed by atoms with van der Waals surface area (Å²) < 4.78 is 1.84. The van der Waals surface area contributed by atoms with Crippen LogP contribution in [0.4, 0.5) is 0 Å². The first-order valence-corrected chi connectivity index (χ1v) is 9.07. The van der Waals surface area contributed by atoms with Gasteiger partial charge >= 0.3 is 0 Å². The highest BCUT2D eigenvalue weighted by molar-refractivity contribution is 7.71. The molecule has 2 aromatic carbocycles. The van der Waals surface area contributed by atoms with E-state index in [1.807, 2.05) is 42.5 Å². The van der Waals surface area contributed by atoms with E-state index >= 15 is 0 Å². The standard InChI is InChI=1S/C18H12Cl2N6S/c19-13-8-4-7-12(16(13)20)10-21-26-17(24-25-18(26)27)15-9-14(22-23-15)11-5-2-1-3-6-11/h1-10H,(H,22,23)(H,25,27)/b21-10+. The zero-order valence-corrected chi connectivity index (χ0v) is 16.1. The molecule has 0 unspecified atom stereocenters. The van der Waals surface area contributed by atoms with Crippen molar-refractivity contribution >= 4 is 41.6 Å². The molecular weight excluding hydrogens is 403 g/mol. The van der Waals surface area contributed by atoms with Crippen molar-refractivity contribution in [2.45, 2.75) is 0 Å². The van der Waals surface area contributed by atoms with Gasteiger partial charge in [-0.05, 0) is 24.4 Å². The quantitative estimate of drug-likeness (QED) is 0.356. The maximum atomic E-state index is 6.20. The van der Waals surface area contributed by atoms with E-state index in [1.54, 1.807) is 18.3 Å². The third-order valence-corrected chi connectivity index (χ3v) is 4.93. The normalized spacial score (nSPS) is 11.3. The van der Waals surface area contributed by atoms with E-state index in [9.17, 15) is 0 Å². The minimum atomic E-state index is 0.343. The van der Waals surface area contributed by atoms with Crippen molar-refractivity contribution in [3.05, 3.63) is 75.0 Å². The molecule has 0 amide bonds.